The highest BCUT2D eigenvalue weighted by Gasteiger charge is 2.22. The van der Waals surface area contributed by atoms with E-state index in [1.807, 2.05) is 35.2 Å². The zero-order valence-corrected chi connectivity index (χ0v) is 16.5. The first-order valence-electron chi connectivity index (χ1n) is 9.34. The Bertz CT molecular complexity index is 795. The summed E-state index contributed by atoms with van der Waals surface area (Å²) in [6.07, 6.45) is 0.382. The quantitative estimate of drug-likeness (QED) is 0.725. The Morgan fingerprint density at radius 3 is 2.36 bits per heavy atom. The number of carbonyl (C=O) groups excluding carboxylic acids is 2. The highest BCUT2D eigenvalue weighted by molar-refractivity contribution is 7.99. The van der Waals surface area contributed by atoms with Crippen molar-refractivity contribution in [2.24, 2.45) is 0 Å². The van der Waals surface area contributed by atoms with E-state index in [0.717, 1.165) is 5.69 Å². The predicted molar refractivity (Wildman–Crippen MR) is 110 cm³/mol. The smallest absolute Gasteiger partial charge is 0.238 e. The molecule has 1 aliphatic rings. The van der Waals surface area contributed by atoms with E-state index in [1.54, 1.807) is 18.2 Å². The molecule has 1 heterocycles. The van der Waals surface area contributed by atoms with Crippen LogP contribution >= 0.6 is 11.8 Å². The molecule has 0 saturated carbocycles. The van der Waals surface area contributed by atoms with Crippen LogP contribution < -0.4 is 5.32 Å². The lowest BCUT2D eigenvalue weighted by Gasteiger charge is -2.34. The Labute approximate surface area is 168 Å². The van der Waals surface area contributed by atoms with Crippen LogP contribution in [-0.4, -0.2) is 60.1 Å². The van der Waals surface area contributed by atoms with Gasteiger partial charge in [-0.2, -0.15) is 0 Å². The molecule has 5 nitrogen and oxygen atoms in total. The molecule has 0 atom stereocenters. The molecule has 0 aliphatic carbocycles. The number of anilines is 1. The SMILES string of the molecule is O=C(CN1CCN(C(=O)CCSc2ccccc2F)CC1)Nc1ccccc1. The molecule has 0 spiro atoms. The van der Waals surface area contributed by atoms with Crippen LogP contribution in [0.3, 0.4) is 0 Å². The molecule has 1 fully saturated rings. The molecule has 0 radical (unpaired) electrons. The fourth-order valence-electron chi connectivity index (χ4n) is 3.05. The van der Waals surface area contributed by atoms with Crippen molar-refractivity contribution in [2.75, 3.05) is 43.8 Å². The summed E-state index contributed by atoms with van der Waals surface area (Å²) in [5.41, 5.74) is 0.786. The van der Waals surface area contributed by atoms with Crippen LogP contribution in [-0.2, 0) is 9.59 Å². The van der Waals surface area contributed by atoms with E-state index in [1.165, 1.54) is 17.8 Å². The first-order chi connectivity index (χ1) is 13.6. The normalized spacial score (nSPS) is 14.7. The molecular formula is C21H24FN3O2S. The Morgan fingerprint density at radius 1 is 0.964 bits per heavy atom. The third-order valence-corrected chi connectivity index (χ3v) is 5.61. The number of thioether (sulfide) groups is 1. The van der Waals surface area contributed by atoms with Gasteiger partial charge in [0.1, 0.15) is 5.82 Å². The van der Waals surface area contributed by atoms with Gasteiger partial charge >= 0.3 is 0 Å². The second-order valence-corrected chi connectivity index (χ2v) is 7.74. The molecule has 0 bridgehead atoms. The number of benzene rings is 2. The van der Waals surface area contributed by atoms with Gasteiger partial charge in [-0.3, -0.25) is 14.5 Å². The molecule has 2 amide bonds. The van der Waals surface area contributed by atoms with E-state index < -0.39 is 0 Å². The number of piperazine rings is 1. The highest BCUT2D eigenvalue weighted by atomic mass is 32.2. The predicted octanol–water partition coefficient (Wildman–Crippen LogP) is 3.09. The minimum Gasteiger partial charge on any atom is -0.340 e. The molecule has 2 aromatic rings. The van der Waals surface area contributed by atoms with Crippen LogP contribution in [0.1, 0.15) is 6.42 Å². The van der Waals surface area contributed by atoms with Crippen molar-refractivity contribution in [3.63, 3.8) is 0 Å². The maximum atomic E-state index is 13.6. The minimum atomic E-state index is -0.248. The number of carbonyl (C=O) groups is 2. The van der Waals surface area contributed by atoms with Gasteiger partial charge in [-0.25, -0.2) is 4.39 Å². The summed E-state index contributed by atoms with van der Waals surface area (Å²) in [7, 11) is 0. The van der Waals surface area contributed by atoms with Gasteiger partial charge in [0.15, 0.2) is 0 Å². The molecule has 0 unspecified atom stereocenters. The van der Waals surface area contributed by atoms with E-state index in [2.05, 4.69) is 10.2 Å². The maximum Gasteiger partial charge on any atom is 0.238 e. The van der Waals surface area contributed by atoms with Gasteiger partial charge in [-0.05, 0) is 24.3 Å². The van der Waals surface area contributed by atoms with Crippen molar-refractivity contribution in [1.29, 1.82) is 0 Å². The van der Waals surface area contributed by atoms with E-state index >= 15 is 0 Å². The Morgan fingerprint density at radius 2 is 1.64 bits per heavy atom. The van der Waals surface area contributed by atoms with Gasteiger partial charge in [0, 0.05) is 48.9 Å². The fourth-order valence-corrected chi connectivity index (χ4v) is 3.93. The number of halogens is 1. The van der Waals surface area contributed by atoms with Gasteiger partial charge in [0.25, 0.3) is 0 Å². The van der Waals surface area contributed by atoms with Crippen molar-refractivity contribution >= 4 is 29.3 Å². The molecule has 2 aromatic carbocycles. The van der Waals surface area contributed by atoms with E-state index in [0.29, 0.717) is 49.8 Å². The van der Waals surface area contributed by atoms with E-state index in [9.17, 15) is 14.0 Å². The van der Waals surface area contributed by atoms with E-state index in [-0.39, 0.29) is 17.6 Å². The molecule has 3 rings (SSSR count). The van der Waals surface area contributed by atoms with Crippen LogP contribution in [0.25, 0.3) is 0 Å². The second kappa shape index (κ2) is 10.2. The summed E-state index contributed by atoms with van der Waals surface area (Å²) in [4.78, 5) is 28.9. The monoisotopic (exact) mass is 401 g/mol. The Hall–Kier alpha value is -2.38. The molecule has 1 saturated heterocycles. The largest absolute Gasteiger partial charge is 0.340 e. The summed E-state index contributed by atoms with van der Waals surface area (Å²) < 4.78 is 13.6. The van der Waals surface area contributed by atoms with Crippen molar-refractivity contribution < 1.29 is 14.0 Å². The Kier molecular flexibility index (Phi) is 7.45. The number of nitrogens with zero attached hydrogens (tertiary/aromatic N) is 2. The third-order valence-electron chi connectivity index (χ3n) is 4.56. The van der Waals surface area contributed by atoms with Crippen LogP contribution in [0.15, 0.2) is 59.5 Å². The zero-order chi connectivity index (χ0) is 19.8. The number of hydrogen-bond acceptors (Lipinski definition) is 4. The summed E-state index contributed by atoms with van der Waals surface area (Å²) in [5.74, 6) is 0.339. The molecule has 7 heteroatoms. The standard InChI is InChI=1S/C21H24FN3O2S/c22-18-8-4-5-9-19(18)28-15-10-21(27)25-13-11-24(12-14-25)16-20(26)23-17-6-2-1-3-7-17/h1-9H,10-16H2,(H,23,26). The lowest BCUT2D eigenvalue weighted by atomic mass is 10.2. The highest BCUT2D eigenvalue weighted by Crippen LogP contribution is 2.22. The van der Waals surface area contributed by atoms with Crippen LogP contribution in [0.4, 0.5) is 10.1 Å². The number of rotatable bonds is 7. The summed E-state index contributed by atoms with van der Waals surface area (Å²) in [6, 6.07) is 16.0. The number of para-hydroxylation sites is 1. The first-order valence-corrected chi connectivity index (χ1v) is 10.3. The zero-order valence-electron chi connectivity index (χ0n) is 15.6. The van der Waals surface area contributed by atoms with Gasteiger partial charge in [-0.1, -0.05) is 30.3 Å². The molecule has 28 heavy (non-hydrogen) atoms. The van der Waals surface area contributed by atoms with Crippen molar-refractivity contribution in [2.45, 2.75) is 11.3 Å². The number of hydrogen-bond donors (Lipinski definition) is 1. The molecule has 1 N–H and O–H groups in total. The van der Waals surface area contributed by atoms with E-state index in [4.69, 9.17) is 0 Å². The number of amides is 2. The van der Waals surface area contributed by atoms with Crippen LogP contribution in [0.2, 0.25) is 0 Å². The van der Waals surface area contributed by atoms with Crippen molar-refractivity contribution in [3.05, 3.63) is 60.4 Å². The number of nitrogens with one attached hydrogen (secondary N) is 1. The molecule has 0 aromatic heterocycles. The summed E-state index contributed by atoms with van der Waals surface area (Å²) in [5, 5.41) is 2.88. The van der Waals surface area contributed by atoms with Crippen molar-refractivity contribution in [1.82, 2.24) is 9.80 Å². The van der Waals surface area contributed by atoms with Gasteiger partial charge in [0.2, 0.25) is 11.8 Å². The third kappa shape index (κ3) is 6.07. The average molecular weight is 402 g/mol. The summed E-state index contributed by atoms with van der Waals surface area (Å²) >= 11 is 1.36. The van der Waals surface area contributed by atoms with Gasteiger partial charge in [0.05, 0.1) is 6.54 Å². The average Bonchev–Trinajstić information content (AvgIpc) is 2.70. The topological polar surface area (TPSA) is 52.7 Å². The van der Waals surface area contributed by atoms with Crippen molar-refractivity contribution in [3.8, 4) is 0 Å². The lowest BCUT2D eigenvalue weighted by Crippen LogP contribution is -2.50. The van der Waals surface area contributed by atoms with Gasteiger partial charge in [-0.15, -0.1) is 11.8 Å². The van der Waals surface area contributed by atoms with Gasteiger partial charge < -0.3 is 10.2 Å². The Balaban J connectivity index is 1.35. The summed E-state index contributed by atoms with van der Waals surface area (Å²) in [6.45, 7) is 2.90. The van der Waals surface area contributed by atoms with Crippen LogP contribution in [0.5, 0.6) is 0 Å². The lowest BCUT2D eigenvalue weighted by molar-refractivity contribution is -0.132. The minimum absolute atomic E-state index is 0.0488. The fraction of sp³-hybridized carbons (Fsp3) is 0.333. The maximum absolute atomic E-state index is 13.6. The first kappa shape index (κ1) is 20.4. The molecule has 148 valence electrons. The van der Waals surface area contributed by atoms with Crippen LogP contribution in [0, 0.1) is 5.82 Å². The second-order valence-electron chi connectivity index (χ2n) is 6.60. The molecular weight excluding hydrogens is 377 g/mol. The molecule has 1 aliphatic heterocycles.